The SMILES string of the molecule is CN1CCC(COC(=O)Nc2ccc(F)cc2-c2cc(Cl)cc(C(F)(F)F)c2)C1. The van der Waals surface area contributed by atoms with Crippen LogP contribution < -0.4 is 5.32 Å². The number of halogens is 5. The topological polar surface area (TPSA) is 41.6 Å². The van der Waals surface area contributed by atoms with Crippen LogP contribution in [0.15, 0.2) is 36.4 Å². The number of nitrogens with one attached hydrogen (secondary N) is 1. The summed E-state index contributed by atoms with van der Waals surface area (Å²) in [4.78, 5) is 14.3. The molecule has 1 amide bonds. The first-order valence-corrected chi connectivity index (χ1v) is 9.29. The van der Waals surface area contributed by atoms with Crippen LogP contribution in [0.5, 0.6) is 0 Å². The molecule has 0 radical (unpaired) electrons. The Kier molecular flexibility index (Phi) is 6.33. The van der Waals surface area contributed by atoms with Crippen LogP contribution in [0.2, 0.25) is 5.02 Å². The highest BCUT2D eigenvalue weighted by atomic mass is 35.5. The molecule has 29 heavy (non-hydrogen) atoms. The Labute approximate surface area is 170 Å². The average Bonchev–Trinajstić information content (AvgIpc) is 3.05. The van der Waals surface area contributed by atoms with Gasteiger partial charge in [0, 0.05) is 23.0 Å². The molecule has 1 saturated heterocycles. The van der Waals surface area contributed by atoms with Crippen LogP contribution in [0.1, 0.15) is 12.0 Å². The summed E-state index contributed by atoms with van der Waals surface area (Å²) < 4.78 is 58.3. The quantitative estimate of drug-likeness (QED) is 0.636. The molecule has 1 unspecified atom stereocenters. The van der Waals surface area contributed by atoms with Crippen LogP contribution in [0.25, 0.3) is 11.1 Å². The lowest BCUT2D eigenvalue weighted by atomic mass is 10.0. The molecule has 156 valence electrons. The van der Waals surface area contributed by atoms with Gasteiger partial charge >= 0.3 is 12.3 Å². The highest BCUT2D eigenvalue weighted by Crippen LogP contribution is 2.37. The number of anilines is 1. The number of likely N-dealkylation sites (tertiary alicyclic amines) is 1. The molecule has 1 heterocycles. The lowest BCUT2D eigenvalue weighted by molar-refractivity contribution is -0.137. The maximum Gasteiger partial charge on any atom is 0.416 e. The maximum atomic E-state index is 13.8. The van der Waals surface area contributed by atoms with Crippen molar-refractivity contribution in [1.82, 2.24) is 4.90 Å². The zero-order valence-corrected chi connectivity index (χ0v) is 16.3. The van der Waals surface area contributed by atoms with E-state index in [0.717, 1.165) is 43.8 Å². The van der Waals surface area contributed by atoms with Gasteiger partial charge in [0.15, 0.2) is 0 Å². The molecule has 0 bridgehead atoms. The third-order valence-electron chi connectivity index (χ3n) is 4.69. The van der Waals surface area contributed by atoms with Crippen molar-refractivity contribution < 1.29 is 27.1 Å². The molecule has 1 aliphatic rings. The second-order valence-corrected chi connectivity index (χ2v) is 7.49. The minimum absolute atomic E-state index is 0.0250. The fourth-order valence-corrected chi connectivity index (χ4v) is 3.51. The fraction of sp³-hybridized carbons (Fsp3) is 0.350. The van der Waals surface area contributed by atoms with Gasteiger partial charge in [0.1, 0.15) is 5.82 Å². The summed E-state index contributed by atoms with van der Waals surface area (Å²) in [6.45, 7) is 1.97. The van der Waals surface area contributed by atoms with E-state index in [1.54, 1.807) is 0 Å². The third kappa shape index (κ3) is 5.61. The monoisotopic (exact) mass is 430 g/mol. The number of carbonyl (C=O) groups excluding carboxylic acids is 1. The Bertz CT molecular complexity index is 905. The Hall–Kier alpha value is -2.32. The van der Waals surface area contributed by atoms with Crippen LogP contribution in [-0.2, 0) is 10.9 Å². The molecule has 1 N–H and O–H groups in total. The van der Waals surface area contributed by atoms with E-state index >= 15 is 0 Å². The molecule has 1 atom stereocenters. The molecule has 4 nitrogen and oxygen atoms in total. The summed E-state index contributed by atoms with van der Waals surface area (Å²) in [5.74, 6) is -0.442. The number of ether oxygens (including phenoxy) is 1. The summed E-state index contributed by atoms with van der Waals surface area (Å²) in [7, 11) is 1.98. The minimum atomic E-state index is -4.62. The Morgan fingerprint density at radius 1 is 1.28 bits per heavy atom. The Balaban J connectivity index is 1.81. The van der Waals surface area contributed by atoms with Crippen molar-refractivity contribution in [3.8, 4) is 11.1 Å². The van der Waals surface area contributed by atoms with Gasteiger partial charge < -0.3 is 9.64 Å². The number of amides is 1. The largest absolute Gasteiger partial charge is 0.449 e. The second-order valence-electron chi connectivity index (χ2n) is 7.06. The highest BCUT2D eigenvalue weighted by Gasteiger charge is 2.31. The van der Waals surface area contributed by atoms with Crippen molar-refractivity contribution in [2.24, 2.45) is 5.92 Å². The van der Waals surface area contributed by atoms with E-state index in [0.29, 0.717) is 0 Å². The van der Waals surface area contributed by atoms with E-state index in [4.69, 9.17) is 16.3 Å². The van der Waals surface area contributed by atoms with Crippen molar-refractivity contribution in [3.05, 3.63) is 52.8 Å². The summed E-state index contributed by atoms with van der Waals surface area (Å²) >= 11 is 5.83. The lowest BCUT2D eigenvalue weighted by Crippen LogP contribution is -2.21. The molecule has 2 aromatic carbocycles. The predicted molar refractivity (Wildman–Crippen MR) is 102 cm³/mol. The number of rotatable bonds is 4. The zero-order chi connectivity index (χ0) is 21.2. The summed E-state index contributed by atoms with van der Waals surface area (Å²) in [6.07, 6.45) is -4.46. The van der Waals surface area contributed by atoms with Gasteiger partial charge in [-0.15, -0.1) is 0 Å². The van der Waals surface area contributed by atoms with Crippen LogP contribution in [0, 0.1) is 11.7 Å². The van der Waals surface area contributed by atoms with Gasteiger partial charge in [-0.2, -0.15) is 13.2 Å². The maximum absolute atomic E-state index is 13.8. The van der Waals surface area contributed by atoms with E-state index < -0.39 is 23.7 Å². The molecule has 0 spiro atoms. The number of hydrogen-bond acceptors (Lipinski definition) is 3. The predicted octanol–water partition coefficient (Wildman–Crippen LogP) is 5.67. The van der Waals surface area contributed by atoms with Gasteiger partial charge in [0.2, 0.25) is 0 Å². The lowest BCUT2D eigenvalue weighted by Gasteiger charge is -2.15. The van der Waals surface area contributed by atoms with Crippen LogP contribution in [0.3, 0.4) is 0 Å². The number of carbonyl (C=O) groups is 1. The molecule has 1 fully saturated rings. The molecule has 9 heteroatoms. The molecule has 0 aliphatic carbocycles. The van der Waals surface area contributed by atoms with Gasteiger partial charge in [-0.3, -0.25) is 5.32 Å². The van der Waals surface area contributed by atoms with Crippen molar-refractivity contribution in [1.29, 1.82) is 0 Å². The van der Waals surface area contributed by atoms with Crippen molar-refractivity contribution in [3.63, 3.8) is 0 Å². The van der Waals surface area contributed by atoms with Gasteiger partial charge in [0.05, 0.1) is 17.9 Å². The van der Waals surface area contributed by atoms with Gasteiger partial charge in [0.25, 0.3) is 0 Å². The molecule has 1 aliphatic heterocycles. The van der Waals surface area contributed by atoms with Crippen molar-refractivity contribution in [2.75, 3.05) is 32.1 Å². The van der Waals surface area contributed by atoms with E-state index in [1.807, 2.05) is 7.05 Å². The summed E-state index contributed by atoms with van der Waals surface area (Å²) in [5.41, 5.74) is -0.758. The fourth-order valence-electron chi connectivity index (χ4n) is 3.28. The van der Waals surface area contributed by atoms with Gasteiger partial charge in [-0.25, -0.2) is 9.18 Å². The first-order chi connectivity index (χ1) is 13.6. The van der Waals surface area contributed by atoms with E-state index in [1.165, 1.54) is 12.1 Å². The standard InChI is InChI=1S/C20H19ClF4N2O2/c1-27-5-4-12(10-27)11-29-19(28)26-18-3-2-16(22)9-17(18)13-6-14(20(23,24)25)8-15(21)7-13/h2-3,6-9,12H,4-5,10-11H2,1H3,(H,26,28). The third-order valence-corrected chi connectivity index (χ3v) is 4.91. The van der Waals surface area contributed by atoms with Crippen molar-refractivity contribution >= 4 is 23.4 Å². The van der Waals surface area contributed by atoms with Crippen molar-refractivity contribution in [2.45, 2.75) is 12.6 Å². The number of nitrogens with zero attached hydrogens (tertiary/aromatic N) is 1. The smallest absolute Gasteiger partial charge is 0.416 e. The molecular weight excluding hydrogens is 412 g/mol. The minimum Gasteiger partial charge on any atom is -0.449 e. The highest BCUT2D eigenvalue weighted by molar-refractivity contribution is 6.31. The first-order valence-electron chi connectivity index (χ1n) is 8.92. The van der Waals surface area contributed by atoms with Crippen LogP contribution >= 0.6 is 11.6 Å². The molecular formula is C20H19ClF4N2O2. The van der Waals surface area contributed by atoms with E-state index in [-0.39, 0.29) is 34.4 Å². The van der Waals surface area contributed by atoms with Gasteiger partial charge in [-0.1, -0.05) is 11.6 Å². The Morgan fingerprint density at radius 2 is 2.03 bits per heavy atom. The normalized spacial score (nSPS) is 17.4. The summed E-state index contributed by atoms with van der Waals surface area (Å²) in [5, 5.41) is 2.33. The average molecular weight is 431 g/mol. The van der Waals surface area contributed by atoms with Crippen LogP contribution in [-0.4, -0.2) is 37.7 Å². The number of hydrogen-bond donors (Lipinski definition) is 1. The molecule has 0 aromatic heterocycles. The van der Waals surface area contributed by atoms with E-state index in [9.17, 15) is 22.4 Å². The van der Waals surface area contributed by atoms with E-state index in [2.05, 4.69) is 10.2 Å². The summed E-state index contributed by atoms with van der Waals surface area (Å²) in [6, 6.07) is 6.31. The Morgan fingerprint density at radius 3 is 2.69 bits per heavy atom. The van der Waals surface area contributed by atoms with Gasteiger partial charge in [-0.05, 0) is 62.0 Å². The molecule has 2 aromatic rings. The second kappa shape index (κ2) is 8.59. The molecule has 0 saturated carbocycles. The molecule has 3 rings (SSSR count). The van der Waals surface area contributed by atoms with Crippen LogP contribution in [0.4, 0.5) is 28.0 Å². The number of alkyl halides is 3. The zero-order valence-electron chi connectivity index (χ0n) is 15.5. The first kappa shape index (κ1) is 21.4. The number of benzene rings is 2.